The van der Waals surface area contributed by atoms with Crippen molar-refractivity contribution in [3.8, 4) is 0 Å². The molecule has 1 aromatic rings. The fraction of sp³-hybridized carbons (Fsp3) is 0.579. The van der Waals surface area contributed by atoms with Gasteiger partial charge in [0, 0.05) is 0 Å². The van der Waals surface area contributed by atoms with Crippen LogP contribution in [-0.4, -0.2) is 80.7 Å². The Morgan fingerprint density at radius 3 is 2.25 bits per heavy atom. The van der Waals surface area contributed by atoms with E-state index in [1.54, 1.807) is 24.3 Å². The molecule has 2 aliphatic heterocycles. The molecule has 4 N–H and O–H groups in total. The van der Waals surface area contributed by atoms with E-state index in [0.717, 1.165) is 11.3 Å². The van der Waals surface area contributed by atoms with Gasteiger partial charge in [-0.3, -0.25) is 9.59 Å². The summed E-state index contributed by atoms with van der Waals surface area (Å²) in [5.74, 6) is -1.03. The third-order valence-corrected chi connectivity index (χ3v) is 5.07. The summed E-state index contributed by atoms with van der Waals surface area (Å²) in [4.78, 5) is 26.5. The van der Waals surface area contributed by atoms with Crippen LogP contribution < -0.4 is 0 Å². The highest BCUT2D eigenvalue weighted by Crippen LogP contribution is 2.30. The average Bonchev–Trinajstić information content (AvgIpc) is 2.95. The lowest BCUT2D eigenvalue weighted by Crippen LogP contribution is -2.61. The van der Waals surface area contributed by atoms with E-state index < -0.39 is 55.4 Å². The highest BCUT2D eigenvalue weighted by atomic mass is 16.7. The highest BCUT2D eigenvalue weighted by molar-refractivity contribution is 6.21. The molecular formula is C19H25NO8. The number of aliphatic hydroxyl groups excluding tert-OH is 4. The third kappa shape index (κ3) is 3.69. The first-order valence-corrected chi connectivity index (χ1v) is 9.33. The summed E-state index contributed by atoms with van der Waals surface area (Å²) in [6.45, 7) is 1.34. The minimum atomic E-state index is -1.64. The molecular weight excluding hydrogens is 370 g/mol. The zero-order chi connectivity index (χ0) is 20.4. The molecule has 0 bridgehead atoms. The average molecular weight is 395 g/mol. The van der Waals surface area contributed by atoms with Gasteiger partial charge < -0.3 is 29.9 Å². The van der Waals surface area contributed by atoms with Gasteiger partial charge in [-0.15, -0.1) is 0 Å². The van der Waals surface area contributed by atoms with Gasteiger partial charge in [-0.2, -0.15) is 0 Å². The number of carbonyl (C=O) groups is 2. The van der Waals surface area contributed by atoms with Crippen molar-refractivity contribution in [3.63, 3.8) is 0 Å². The molecule has 2 heterocycles. The summed E-state index contributed by atoms with van der Waals surface area (Å²) in [5, 5.41) is 39.7. The molecule has 0 radical (unpaired) electrons. The lowest BCUT2D eigenvalue weighted by molar-refractivity contribution is -0.309. The first-order chi connectivity index (χ1) is 13.4. The number of nitrogens with zero attached hydrogens (tertiary/aromatic N) is 1. The molecule has 154 valence electrons. The number of rotatable bonds is 7. The van der Waals surface area contributed by atoms with Gasteiger partial charge in [-0.05, 0) is 25.0 Å². The van der Waals surface area contributed by atoms with Crippen molar-refractivity contribution in [3.05, 3.63) is 35.4 Å². The number of hydrogen-bond donors (Lipinski definition) is 4. The number of carbonyl (C=O) groups excluding carboxylic acids is 2. The normalized spacial score (nSPS) is 31.2. The third-order valence-electron chi connectivity index (χ3n) is 5.07. The molecule has 3 rings (SSSR count). The molecule has 28 heavy (non-hydrogen) atoms. The Hall–Kier alpha value is -1.88. The maximum Gasteiger partial charge on any atom is 0.263 e. The summed E-state index contributed by atoms with van der Waals surface area (Å²) in [6, 6.07) is 6.41. The standard InChI is InChI=1S/C19H25NO8/c1-2-3-8-13(20-17(24)10-6-4-5-7-11(10)18(20)25)28-16-15(23)14(22)12(9-21)27-19(16)26/h4-7,12-16,19,21-23,26H,2-3,8-9H2,1H3/t12-,13?,14-,15+,16-,19-/m1/s1. The van der Waals surface area contributed by atoms with Crippen molar-refractivity contribution in [1.29, 1.82) is 0 Å². The first-order valence-electron chi connectivity index (χ1n) is 9.33. The molecule has 2 aliphatic rings. The molecule has 9 nitrogen and oxygen atoms in total. The summed E-state index contributed by atoms with van der Waals surface area (Å²) < 4.78 is 10.9. The van der Waals surface area contributed by atoms with Gasteiger partial charge in [0.1, 0.15) is 30.6 Å². The van der Waals surface area contributed by atoms with E-state index in [-0.39, 0.29) is 17.5 Å². The number of aliphatic hydroxyl groups is 4. The maximum absolute atomic E-state index is 12.8. The molecule has 0 aromatic heterocycles. The Balaban J connectivity index is 1.84. The molecule has 1 saturated heterocycles. The van der Waals surface area contributed by atoms with Crippen LogP contribution in [-0.2, 0) is 9.47 Å². The largest absolute Gasteiger partial charge is 0.394 e. The maximum atomic E-state index is 12.8. The van der Waals surface area contributed by atoms with E-state index in [4.69, 9.17) is 9.47 Å². The van der Waals surface area contributed by atoms with Gasteiger partial charge in [-0.25, -0.2) is 4.90 Å². The van der Waals surface area contributed by atoms with Crippen molar-refractivity contribution in [2.24, 2.45) is 0 Å². The molecule has 1 aromatic carbocycles. The van der Waals surface area contributed by atoms with Crippen LogP contribution >= 0.6 is 0 Å². The molecule has 2 amide bonds. The Bertz CT molecular complexity index is 691. The lowest BCUT2D eigenvalue weighted by Gasteiger charge is -2.42. The summed E-state index contributed by atoms with van der Waals surface area (Å²) in [7, 11) is 0. The van der Waals surface area contributed by atoms with E-state index >= 15 is 0 Å². The van der Waals surface area contributed by atoms with Crippen LogP contribution in [0, 0.1) is 0 Å². The Kier molecular flexibility index (Phi) is 6.43. The monoisotopic (exact) mass is 395 g/mol. The molecule has 6 atom stereocenters. The number of hydrogen-bond acceptors (Lipinski definition) is 8. The Labute approximate surface area is 162 Å². The fourth-order valence-electron chi connectivity index (χ4n) is 3.51. The predicted molar refractivity (Wildman–Crippen MR) is 95.1 cm³/mol. The molecule has 0 saturated carbocycles. The SMILES string of the molecule is CCCCC(O[C@@H]1[C@@H](O)[C@H](O)[C@@H](CO)O[C@H]1O)N1C(=O)c2ccccc2C1=O. The number of benzene rings is 1. The molecule has 0 aliphatic carbocycles. The van der Waals surface area contributed by atoms with Crippen LogP contribution in [0.3, 0.4) is 0 Å². The van der Waals surface area contributed by atoms with E-state index in [1.165, 1.54) is 0 Å². The fourth-order valence-corrected chi connectivity index (χ4v) is 3.51. The second-order valence-electron chi connectivity index (χ2n) is 6.95. The number of ether oxygens (including phenoxy) is 2. The van der Waals surface area contributed by atoms with Crippen molar-refractivity contribution in [1.82, 2.24) is 4.90 Å². The topological polar surface area (TPSA) is 137 Å². The van der Waals surface area contributed by atoms with Crippen molar-refractivity contribution < 1.29 is 39.5 Å². The number of imide groups is 1. The smallest absolute Gasteiger partial charge is 0.263 e. The number of fused-ring (bicyclic) bond motifs is 1. The number of amides is 2. The summed E-state index contributed by atoms with van der Waals surface area (Å²) >= 11 is 0. The van der Waals surface area contributed by atoms with Crippen LogP contribution in [0.25, 0.3) is 0 Å². The van der Waals surface area contributed by atoms with Crippen molar-refractivity contribution >= 4 is 11.8 Å². The van der Waals surface area contributed by atoms with E-state index in [2.05, 4.69) is 0 Å². The van der Waals surface area contributed by atoms with Crippen LogP contribution in [0.4, 0.5) is 0 Å². The van der Waals surface area contributed by atoms with Gasteiger partial charge in [0.05, 0.1) is 17.7 Å². The minimum absolute atomic E-state index is 0.263. The van der Waals surface area contributed by atoms with Crippen LogP contribution in [0.5, 0.6) is 0 Å². The van der Waals surface area contributed by atoms with Crippen LogP contribution in [0.2, 0.25) is 0 Å². The lowest BCUT2D eigenvalue weighted by atomic mass is 9.99. The zero-order valence-electron chi connectivity index (χ0n) is 15.5. The Morgan fingerprint density at radius 1 is 1.11 bits per heavy atom. The quantitative estimate of drug-likeness (QED) is 0.459. The summed E-state index contributed by atoms with van der Waals surface area (Å²) in [5.41, 5.74) is 0.526. The van der Waals surface area contributed by atoms with Crippen LogP contribution in [0.1, 0.15) is 46.9 Å². The van der Waals surface area contributed by atoms with Gasteiger partial charge in [0.15, 0.2) is 6.29 Å². The van der Waals surface area contributed by atoms with Crippen LogP contribution in [0.15, 0.2) is 24.3 Å². The van der Waals surface area contributed by atoms with E-state index in [0.29, 0.717) is 6.42 Å². The van der Waals surface area contributed by atoms with Gasteiger partial charge in [0.2, 0.25) is 0 Å². The van der Waals surface area contributed by atoms with Crippen molar-refractivity contribution in [2.45, 2.75) is 63.1 Å². The van der Waals surface area contributed by atoms with Gasteiger partial charge in [-0.1, -0.05) is 25.5 Å². The second kappa shape index (κ2) is 8.64. The zero-order valence-corrected chi connectivity index (χ0v) is 15.5. The van der Waals surface area contributed by atoms with Gasteiger partial charge in [0.25, 0.3) is 11.8 Å². The summed E-state index contributed by atoms with van der Waals surface area (Å²) in [6.07, 6.45) is -6.64. The van der Waals surface area contributed by atoms with Crippen molar-refractivity contribution in [2.75, 3.05) is 6.61 Å². The second-order valence-corrected chi connectivity index (χ2v) is 6.95. The highest BCUT2D eigenvalue weighted by Gasteiger charge is 2.48. The molecule has 1 unspecified atom stereocenters. The predicted octanol–water partition coefficient (Wildman–Crippen LogP) is -0.385. The Morgan fingerprint density at radius 2 is 1.71 bits per heavy atom. The minimum Gasteiger partial charge on any atom is -0.394 e. The molecule has 0 spiro atoms. The first kappa shape index (κ1) is 20.8. The van der Waals surface area contributed by atoms with Gasteiger partial charge >= 0.3 is 0 Å². The molecule has 9 heteroatoms. The molecule has 1 fully saturated rings. The van der Waals surface area contributed by atoms with E-state index in [1.807, 2.05) is 6.92 Å². The van der Waals surface area contributed by atoms with E-state index in [9.17, 15) is 30.0 Å². The number of unbranched alkanes of at least 4 members (excludes halogenated alkanes) is 1.